The Labute approximate surface area is 127 Å². The van der Waals surface area contributed by atoms with E-state index in [0.717, 1.165) is 17.2 Å². The number of carbonyl (C=O) groups excluding carboxylic acids is 1. The minimum Gasteiger partial charge on any atom is -0.321 e. The molecule has 0 atom stereocenters. The molecule has 0 saturated heterocycles. The minimum atomic E-state index is -0.186. The van der Waals surface area contributed by atoms with Crippen molar-refractivity contribution in [3.63, 3.8) is 0 Å². The highest BCUT2D eigenvalue weighted by Gasteiger charge is 2.11. The first-order valence-corrected chi connectivity index (χ1v) is 7.63. The lowest BCUT2D eigenvalue weighted by atomic mass is 10.1. The van der Waals surface area contributed by atoms with Crippen LogP contribution in [0, 0.1) is 0 Å². The van der Waals surface area contributed by atoms with Crippen molar-refractivity contribution < 1.29 is 4.79 Å². The summed E-state index contributed by atoms with van der Waals surface area (Å²) < 4.78 is 1.89. The van der Waals surface area contributed by atoms with Gasteiger partial charge in [0.2, 0.25) is 0 Å². The van der Waals surface area contributed by atoms with Crippen LogP contribution in [0.15, 0.2) is 54.2 Å². The van der Waals surface area contributed by atoms with Crippen LogP contribution in [-0.2, 0) is 6.42 Å². The number of anilines is 1. The second-order valence-corrected chi connectivity index (χ2v) is 5.45. The lowest BCUT2D eigenvalue weighted by Gasteiger charge is -2.04. The van der Waals surface area contributed by atoms with Crippen molar-refractivity contribution in [3.05, 3.63) is 65.4 Å². The SMILES string of the molecule is CCc1ccc(NC(=O)c2csc(-n3cccc3)n2)cc1. The first kappa shape index (κ1) is 13.6. The van der Waals surface area contributed by atoms with Crippen molar-refractivity contribution in [2.75, 3.05) is 5.32 Å². The molecule has 1 aromatic carbocycles. The van der Waals surface area contributed by atoms with Gasteiger partial charge in [-0.2, -0.15) is 0 Å². The highest BCUT2D eigenvalue weighted by molar-refractivity contribution is 7.12. The Morgan fingerprint density at radius 1 is 1.24 bits per heavy atom. The van der Waals surface area contributed by atoms with E-state index >= 15 is 0 Å². The predicted molar refractivity (Wildman–Crippen MR) is 85.2 cm³/mol. The molecule has 0 spiro atoms. The van der Waals surface area contributed by atoms with E-state index < -0.39 is 0 Å². The van der Waals surface area contributed by atoms with Crippen LogP contribution in [0.4, 0.5) is 5.69 Å². The van der Waals surface area contributed by atoms with E-state index in [1.807, 2.05) is 53.4 Å². The fraction of sp³-hybridized carbons (Fsp3) is 0.125. The molecule has 0 aliphatic carbocycles. The van der Waals surface area contributed by atoms with Crippen molar-refractivity contribution in [1.82, 2.24) is 9.55 Å². The van der Waals surface area contributed by atoms with Gasteiger partial charge in [0.05, 0.1) is 0 Å². The van der Waals surface area contributed by atoms with Crippen molar-refractivity contribution >= 4 is 22.9 Å². The fourth-order valence-corrected chi connectivity index (χ4v) is 2.74. The second kappa shape index (κ2) is 5.93. The Balaban J connectivity index is 1.73. The average Bonchev–Trinajstić information content (AvgIpc) is 3.19. The normalized spacial score (nSPS) is 10.5. The maximum Gasteiger partial charge on any atom is 0.275 e. The number of benzene rings is 1. The number of thiazole rings is 1. The molecule has 21 heavy (non-hydrogen) atoms. The van der Waals surface area contributed by atoms with Gasteiger partial charge in [-0.05, 0) is 36.2 Å². The molecule has 1 amide bonds. The Bertz CT molecular complexity index is 729. The third kappa shape index (κ3) is 3.03. The molecule has 4 nitrogen and oxygen atoms in total. The summed E-state index contributed by atoms with van der Waals surface area (Å²) in [6.07, 6.45) is 4.80. The van der Waals surface area contributed by atoms with Crippen LogP contribution < -0.4 is 5.32 Å². The lowest BCUT2D eigenvalue weighted by Crippen LogP contribution is -2.12. The van der Waals surface area contributed by atoms with Gasteiger partial charge in [0, 0.05) is 23.5 Å². The number of hydrogen-bond donors (Lipinski definition) is 1. The Kier molecular flexibility index (Phi) is 3.83. The molecular weight excluding hydrogens is 282 g/mol. The minimum absolute atomic E-state index is 0.186. The van der Waals surface area contributed by atoms with Crippen LogP contribution >= 0.6 is 11.3 Å². The van der Waals surface area contributed by atoms with Gasteiger partial charge in [-0.15, -0.1) is 11.3 Å². The molecule has 3 rings (SSSR count). The van der Waals surface area contributed by atoms with Crippen LogP contribution in [-0.4, -0.2) is 15.5 Å². The number of aromatic nitrogens is 2. The zero-order chi connectivity index (χ0) is 14.7. The van der Waals surface area contributed by atoms with Crippen LogP contribution in [0.2, 0.25) is 0 Å². The van der Waals surface area contributed by atoms with E-state index in [9.17, 15) is 4.79 Å². The van der Waals surface area contributed by atoms with Gasteiger partial charge in [0.15, 0.2) is 5.13 Å². The van der Waals surface area contributed by atoms with Crippen molar-refractivity contribution in [1.29, 1.82) is 0 Å². The summed E-state index contributed by atoms with van der Waals surface area (Å²) in [5.41, 5.74) is 2.47. The van der Waals surface area contributed by atoms with Gasteiger partial charge < -0.3 is 9.88 Å². The molecule has 0 saturated carbocycles. The van der Waals surface area contributed by atoms with E-state index in [1.165, 1.54) is 16.9 Å². The monoisotopic (exact) mass is 297 g/mol. The van der Waals surface area contributed by atoms with Gasteiger partial charge >= 0.3 is 0 Å². The standard InChI is InChI=1S/C16H15N3OS/c1-2-12-5-7-13(8-6-12)17-15(20)14-11-21-16(18-14)19-9-3-4-10-19/h3-11H,2H2,1H3,(H,17,20). The van der Waals surface area contributed by atoms with Crippen LogP contribution in [0.1, 0.15) is 23.0 Å². The van der Waals surface area contributed by atoms with E-state index in [0.29, 0.717) is 5.69 Å². The summed E-state index contributed by atoms with van der Waals surface area (Å²) >= 11 is 1.44. The highest BCUT2D eigenvalue weighted by atomic mass is 32.1. The largest absolute Gasteiger partial charge is 0.321 e. The summed E-state index contributed by atoms with van der Waals surface area (Å²) in [5, 5.41) is 5.42. The molecule has 0 bridgehead atoms. The van der Waals surface area contributed by atoms with E-state index in [2.05, 4.69) is 17.2 Å². The number of amides is 1. The molecule has 0 aliphatic heterocycles. The van der Waals surface area contributed by atoms with Crippen molar-refractivity contribution in [2.24, 2.45) is 0 Å². The van der Waals surface area contributed by atoms with E-state index in [-0.39, 0.29) is 5.91 Å². The van der Waals surface area contributed by atoms with Gasteiger partial charge in [-0.25, -0.2) is 4.98 Å². The number of carbonyl (C=O) groups is 1. The molecule has 5 heteroatoms. The molecular formula is C16H15N3OS. The number of nitrogens with zero attached hydrogens (tertiary/aromatic N) is 2. The van der Waals surface area contributed by atoms with Gasteiger partial charge in [-0.1, -0.05) is 19.1 Å². The smallest absolute Gasteiger partial charge is 0.275 e. The average molecular weight is 297 g/mol. The van der Waals surface area contributed by atoms with Crippen molar-refractivity contribution in [2.45, 2.75) is 13.3 Å². The number of nitrogens with one attached hydrogen (secondary N) is 1. The second-order valence-electron chi connectivity index (χ2n) is 4.61. The van der Waals surface area contributed by atoms with Crippen LogP contribution in [0.3, 0.4) is 0 Å². The molecule has 0 radical (unpaired) electrons. The number of hydrogen-bond acceptors (Lipinski definition) is 3. The van der Waals surface area contributed by atoms with Gasteiger partial charge in [0.25, 0.3) is 5.91 Å². The summed E-state index contributed by atoms with van der Waals surface area (Å²) in [7, 11) is 0. The van der Waals surface area contributed by atoms with Gasteiger partial charge in [0.1, 0.15) is 5.69 Å². The Morgan fingerprint density at radius 3 is 2.62 bits per heavy atom. The maximum absolute atomic E-state index is 12.2. The topological polar surface area (TPSA) is 46.9 Å². The molecule has 0 fully saturated rings. The maximum atomic E-state index is 12.2. The molecule has 2 heterocycles. The number of rotatable bonds is 4. The molecule has 0 aliphatic rings. The zero-order valence-corrected chi connectivity index (χ0v) is 12.4. The van der Waals surface area contributed by atoms with Crippen molar-refractivity contribution in [3.8, 4) is 5.13 Å². The first-order chi connectivity index (χ1) is 10.3. The Morgan fingerprint density at radius 2 is 1.95 bits per heavy atom. The molecule has 0 unspecified atom stereocenters. The van der Waals surface area contributed by atoms with Crippen LogP contribution in [0.25, 0.3) is 5.13 Å². The molecule has 2 aromatic heterocycles. The summed E-state index contributed by atoms with van der Waals surface area (Å²) in [4.78, 5) is 16.5. The van der Waals surface area contributed by atoms with Crippen LogP contribution in [0.5, 0.6) is 0 Å². The molecule has 106 valence electrons. The molecule has 3 aromatic rings. The van der Waals surface area contributed by atoms with E-state index in [4.69, 9.17) is 0 Å². The molecule has 1 N–H and O–H groups in total. The zero-order valence-electron chi connectivity index (χ0n) is 11.6. The Hall–Kier alpha value is -2.40. The quantitative estimate of drug-likeness (QED) is 0.797. The third-order valence-electron chi connectivity index (χ3n) is 3.17. The highest BCUT2D eigenvalue weighted by Crippen LogP contribution is 2.17. The van der Waals surface area contributed by atoms with Gasteiger partial charge in [-0.3, -0.25) is 4.79 Å². The summed E-state index contributed by atoms with van der Waals surface area (Å²) in [6, 6.07) is 11.7. The predicted octanol–water partition coefficient (Wildman–Crippen LogP) is 3.75. The first-order valence-electron chi connectivity index (χ1n) is 6.75. The summed E-state index contributed by atoms with van der Waals surface area (Å²) in [5.74, 6) is -0.186. The third-order valence-corrected chi connectivity index (χ3v) is 4.02. The summed E-state index contributed by atoms with van der Waals surface area (Å²) in [6.45, 7) is 2.10. The number of aryl methyl sites for hydroxylation is 1. The van der Waals surface area contributed by atoms with E-state index in [1.54, 1.807) is 5.38 Å². The lowest BCUT2D eigenvalue weighted by molar-refractivity contribution is 0.102. The fourth-order valence-electron chi connectivity index (χ4n) is 1.97.